The van der Waals surface area contributed by atoms with Gasteiger partial charge in [0, 0.05) is 20.1 Å². The van der Waals surface area contributed by atoms with E-state index in [1.54, 1.807) is 0 Å². The molecule has 0 radical (unpaired) electrons. The van der Waals surface area contributed by atoms with Gasteiger partial charge in [0.2, 0.25) is 5.91 Å². The molecular formula is C6H13N3O3S. The van der Waals surface area contributed by atoms with E-state index in [-0.39, 0.29) is 12.5 Å². The highest BCUT2D eigenvalue weighted by atomic mass is 32.2. The van der Waals surface area contributed by atoms with Gasteiger partial charge >= 0.3 is 0 Å². The van der Waals surface area contributed by atoms with Gasteiger partial charge in [-0.25, -0.2) is 4.72 Å². The number of carbonyl (C=O) groups is 1. The predicted molar refractivity (Wildman–Crippen MR) is 46.9 cm³/mol. The largest absolute Gasteiger partial charge is 0.369 e. The van der Waals surface area contributed by atoms with Gasteiger partial charge in [-0.1, -0.05) is 0 Å². The Labute approximate surface area is 77.3 Å². The van der Waals surface area contributed by atoms with Gasteiger partial charge < -0.3 is 5.73 Å². The molecule has 1 fully saturated rings. The third-order valence-corrected chi connectivity index (χ3v) is 3.68. The maximum Gasteiger partial charge on any atom is 0.279 e. The number of hydrogen-bond donors (Lipinski definition) is 2. The minimum Gasteiger partial charge on any atom is -0.369 e. The number of carbonyl (C=O) groups excluding carboxylic acids is 1. The quantitative estimate of drug-likeness (QED) is 0.575. The smallest absolute Gasteiger partial charge is 0.279 e. The monoisotopic (exact) mass is 207 g/mol. The summed E-state index contributed by atoms with van der Waals surface area (Å²) < 4.78 is 25.9. The highest BCUT2D eigenvalue weighted by Gasteiger charge is 2.32. The van der Waals surface area contributed by atoms with Crippen LogP contribution < -0.4 is 10.5 Å². The van der Waals surface area contributed by atoms with Crippen molar-refractivity contribution in [3.8, 4) is 0 Å². The first-order chi connectivity index (χ1) is 5.97. The molecule has 0 aromatic carbocycles. The Balaban J connectivity index is 2.65. The summed E-state index contributed by atoms with van der Waals surface area (Å²) in [6.45, 7) is 0.551. The summed E-state index contributed by atoms with van der Waals surface area (Å²) in [6.07, 6.45) is 0.510. The van der Waals surface area contributed by atoms with Crippen LogP contribution in [0.3, 0.4) is 0 Å². The molecule has 1 amide bonds. The fraction of sp³-hybridized carbons (Fsp3) is 0.833. The zero-order valence-corrected chi connectivity index (χ0v) is 8.17. The Hall–Kier alpha value is -0.660. The molecule has 1 unspecified atom stereocenters. The Morgan fingerprint density at radius 1 is 1.62 bits per heavy atom. The molecule has 0 bridgehead atoms. The SMILES string of the molecule is CNS(=O)(=O)N1CCC(C(N)=O)C1. The van der Waals surface area contributed by atoms with E-state index in [4.69, 9.17) is 5.73 Å². The van der Waals surface area contributed by atoms with Gasteiger partial charge in [0.05, 0.1) is 5.92 Å². The van der Waals surface area contributed by atoms with Gasteiger partial charge in [-0.3, -0.25) is 4.79 Å². The van der Waals surface area contributed by atoms with Gasteiger partial charge in [0.25, 0.3) is 10.2 Å². The molecule has 1 heterocycles. The Morgan fingerprint density at radius 3 is 2.62 bits per heavy atom. The second-order valence-electron chi connectivity index (χ2n) is 2.96. The van der Waals surface area contributed by atoms with Crippen molar-refractivity contribution in [2.24, 2.45) is 11.7 Å². The lowest BCUT2D eigenvalue weighted by molar-refractivity contribution is -0.121. The summed E-state index contributed by atoms with van der Waals surface area (Å²) in [6, 6.07) is 0. The van der Waals surface area contributed by atoms with Crippen LogP contribution in [0.5, 0.6) is 0 Å². The molecule has 1 rings (SSSR count). The molecule has 0 saturated carbocycles. The molecule has 1 saturated heterocycles. The minimum absolute atomic E-state index is 0.193. The molecule has 0 spiro atoms. The summed E-state index contributed by atoms with van der Waals surface area (Å²) in [4.78, 5) is 10.7. The van der Waals surface area contributed by atoms with Crippen LogP contribution in [0.4, 0.5) is 0 Å². The highest BCUT2D eigenvalue weighted by molar-refractivity contribution is 7.87. The van der Waals surface area contributed by atoms with Crippen molar-refractivity contribution in [3.05, 3.63) is 0 Å². The first-order valence-corrected chi connectivity index (χ1v) is 5.39. The fourth-order valence-electron chi connectivity index (χ4n) is 1.31. The van der Waals surface area contributed by atoms with Crippen molar-refractivity contribution >= 4 is 16.1 Å². The van der Waals surface area contributed by atoms with E-state index in [2.05, 4.69) is 4.72 Å². The fourth-order valence-corrected chi connectivity index (χ4v) is 2.29. The van der Waals surface area contributed by atoms with Crippen molar-refractivity contribution in [2.45, 2.75) is 6.42 Å². The average molecular weight is 207 g/mol. The van der Waals surface area contributed by atoms with E-state index in [0.29, 0.717) is 13.0 Å². The van der Waals surface area contributed by atoms with Crippen LogP contribution in [0, 0.1) is 5.92 Å². The van der Waals surface area contributed by atoms with Gasteiger partial charge in [-0.05, 0) is 6.42 Å². The molecule has 7 heteroatoms. The van der Waals surface area contributed by atoms with Crippen molar-refractivity contribution in [1.29, 1.82) is 0 Å². The van der Waals surface area contributed by atoms with Crippen molar-refractivity contribution in [2.75, 3.05) is 20.1 Å². The Morgan fingerprint density at radius 2 is 2.23 bits per heavy atom. The van der Waals surface area contributed by atoms with Gasteiger partial charge in [-0.15, -0.1) is 0 Å². The molecular weight excluding hydrogens is 194 g/mol. The average Bonchev–Trinajstić information content (AvgIpc) is 2.52. The lowest BCUT2D eigenvalue weighted by Crippen LogP contribution is -2.38. The summed E-state index contributed by atoms with van der Waals surface area (Å²) in [5.41, 5.74) is 5.06. The van der Waals surface area contributed by atoms with Crippen molar-refractivity contribution in [3.63, 3.8) is 0 Å². The van der Waals surface area contributed by atoms with Crippen molar-refractivity contribution in [1.82, 2.24) is 9.03 Å². The number of nitrogens with zero attached hydrogens (tertiary/aromatic N) is 1. The van der Waals surface area contributed by atoms with E-state index in [1.165, 1.54) is 11.4 Å². The van der Waals surface area contributed by atoms with Crippen LogP contribution in [0.15, 0.2) is 0 Å². The topological polar surface area (TPSA) is 92.5 Å². The zero-order chi connectivity index (χ0) is 10.1. The number of hydrogen-bond acceptors (Lipinski definition) is 3. The van der Waals surface area contributed by atoms with Gasteiger partial charge in [0.1, 0.15) is 0 Å². The van der Waals surface area contributed by atoms with Gasteiger partial charge in [0.15, 0.2) is 0 Å². The van der Waals surface area contributed by atoms with Crippen LogP contribution in [-0.2, 0) is 15.0 Å². The standard InChI is InChI=1S/C6H13N3O3S/c1-8-13(11,12)9-3-2-5(4-9)6(7)10/h5,8H,2-4H2,1H3,(H2,7,10). The second-order valence-corrected chi connectivity index (χ2v) is 4.83. The van der Waals surface area contributed by atoms with Crippen LogP contribution in [-0.4, -0.2) is 38.8 Å². The van der Waals surface area contributed by atoms with E-state index in [0.717, 1.165) is 0 Å². The zero-order valence-electron chi connectivity index (χ0n) is 7.36. The normalized spacial score (nSPS) is 24.8. The molecule has 1 aliphatic heterocycles. The minimum atomic E-state index is -3.39. The van der Waals surface area contributed by atoms with Crippen LogP contribution in [0.2, 0.25) is 0 Å². The number of nitrogens with two attached hydrogens (primary N) is 1. The molecule has 1 atom stereocenters. The number of rotatable bonds is 3. The first-order valence-electron chi connectivity index (χ1n) is 3.95. The van der Waals surface area contributed by atoms with E-state index in [9.17, 15) is 13.2 Å². The highest BCUT2D eigenvalue weighted by Crippen LogP contribution is 2.17. The summed E-state index contributed by atoms with van der Waals surface area (Å²) in [5, 5.41) is 0. The molecule has 0 aromatic heterocycles. The van der Waals surface area contributed by atoms with Gasteiger partial charge in [-0.2, -0.15) is 12.7 Å². The first kappa shape index (κ1) is 10.4. The Kier molecular flexibility index (Phi) is 2.89. The summed E-state index contributed by atoms with van der Waals surface area (Å²) in [7, 11) is -2.05. The summed E-state index contributed by atoms with van der Waals surface area (Å²) in [5.74, 6) is -0.781. The molecule has 76 valence electrons. The molecule has 6 nitrogen and oxygen atoms in total. The molecule has 3 N–H and O–H groups in total. The van der Waals surface area contributed by atoms with E-state index < -0.39 is 16.1 Å². The second kappa shape index (κ2) is 3.60. The number of amides is 1. The maximum absolute atomic E-state index is 11.2. The predicted octanol–water partition coefficient (Wildman–Crippen LogP) is -1.74. The lowest BCUT2D eigenvalue weighted by Gasteiger charge is -2.14. The third kappa shape index (κ3) is 2.17. The van der Waals surface area contributed by atoms with Crippen molar-refractivity contribution < 1.29 is 13.2 Å². The Bertz CT molecular complexity index is 300. The maximum atomic E-state index is 11.2. The lowest BCUT2D eigenvalue weighted by atomic mass is 10.1. The third-order valence-electron chi connectivity index (χ3n) is 2.15. The molecule has 1 aliphatic rings. The molecule has 0 aliphatic carbocycles. The van der Waals surface area contributed by atoms with E-state index in [1.807, 2.05) is 0 Å². The van der Waals surface area contributed by atoms with Crippen LogP contribution in [0.1, 0.15) is 6.42 Å². The van der Waals surface area contributed by atoms with E-state index >= 15 is 0 Å². The molecule has 13 heavy (non-hydrogen) atoms. The number of nitrogens with one attached hydrogen (secondary N) is 1. The number of primary amides is 1. The van der Waals surface area contributed by atoms with Crippen LogP contribution >= 0.6 is 0 Å². The molecule has 0 aromatic rings. The van der Waals surface area contributed by atoms with Crippen LogP contribution in [0.25, 0.3) is 0 Å². The summed E-state index contributed by atoms with van der Waals surface area (Å²) >= 11 is 0.